The van der Waals surface area contributed by atoms with Crippen LogP contribution in [0.25, 0.3) is 0 Å². The van der Waals surface area contributed by atoms with Crippen molar-refractivity contribution in [3.63, 3.8) is 0 Å². The first-order chi connectivity index (χ1) is 2.00. The molecule has 5 heavy (non-hydrogen) atoms. The highest BCUT2D eigenvalue weighted by Crippen LogP contribution is 1.88. The van der Waals surface area contributed by atoms with Crippen LogP contribution in [-0.2, 0) is 0 Å². The minimum Gasteiger partial charge on any atom is -0.433 e. The van der Waals surface area contributed by atoms with Gasteiger partial charge in [-0.3, -0.25) is 0 Å². The van der Waals surface area contributed by atoms with Gasteiger partial charge in [-0.25, -0.2) is 0 Å². The minimum atomic E-state index is -1.61. The summed E-state index contributed by atoms with van der Waals surface area (Å²) in [6, 6.07) is 0. The van der Waals surface area contributed by atoms with Crippen molar-refractivity contribution in [3.05, 3.63) is 0 Å². The molecular weight excluding hydrogens is 82.1 g/mol. The molecular formula is C3H10OSi. The monoisotopic (exact) mass is 92.1 g/mol. The second kappa shape index (κ2) is 1.10. The third kappa shape index (κ3) is 633. The maximum atomic E-state index is 8.66. The highest BCUT2D eigenvalue weighted by molar-refractivity contribution is 6.68. The molecule has 0 fully saturated rings. The zero-order chi connectivity index (χ0) is 4.50. The molecule has 0 bridgehead atoms. The molecule has 32 valence electrons. The molecule has 0 aliphatic heterocycles. The summed E-state index contributed by atoms with van der Waals surface area (Å²) < 4.78 is 0. The Bertz CT molecular complexity index is 22.4. The Balaban J connectivity index is 3.02. The number of hydrogen-bond acceptors (Lipinski definition) is 1. The zero-order valence-electron chi connectivity index (χ0n) is 3.95. The minimum absolute atomic E-state index is 1.61. The zero-order valence-corrected chi connectivity index (χ0v) is 4.95. The molecule has 0 radical (unpaired) electrons. The molecule has 0 aromatic rings. The van der Waals surface area contributed by atoms with Gasteiger partial charge in [-0.1, -0.05) is 0 Å². The Kier molecular flexibility index (Phi) is 1.14. The molecule has 0 amide bonds. The molecule has 0 heterocycles. The van der Waals surface area contributed by atoms with Gasteiger partial charge in [0.25, 0.3) is 0 Å². The lowest BCUT2D eigenvalue weighted by Crippen LogP contribution is -2.17. The first-order valence-corrected chi connectivity index (χ1v) is 5.17. The molecule has 1 nitrogen and oxygen atoms in total. The van der Waals surface area contributed by atoms with Crippen molar-refractivity contribution in [3.8, 4) is 0 Å². The van der Waals surface area contributed by atoms with Crippen LogP contribution in [0.3, 0.4) is 0 Å². The van der Waals surface area contributed by atoms with Gasteiger partial charge in [0.1, 0.15) is 0 Å². The Labute approximate surface area is 33.8 Å². The summed E-state index contributed by atoms with van der Waals surface area (Å²) in [5.41, 5.74) is 0. The van der Waals surface area contributed by atoms with Gasteiger partial charge in [-0.2, -0.15) is 0 Å². The van der Waals surface area contributed by atoms with E-state index in [-0.39, 0.29) is 0 Å². The number of rotatable bonds is 0. The topological polar surface area (TPSA) is 20.2 Å². The van der Waals surface area contributed by atoms with Gasteiger partial charge in [0.15, 0.2) is 8.32 Å². The maximum absolute atomic E-state index is 8.66. The van der Waals surface area contributed by atoms with Crippen molar-refractivity contribution in [1.29, 1.82) is 0 Å². The molecule has 0 rings (SSSR count). The SMILES string of the molecule is C[Si](C)(C)[18OH]. The van der Waals surface area contributed by atoms with E-state index in [0.29, 0.717) is 0 Å². The van der Waals surface area contributed by atoms with Crippen LogP contribution in [-0.4, -0.2) is 13.1 Å². The summed E-state index contributed by atoms with van der Waals surface area (Å²) in [5.74, 6) is 0. The van der Waals surface area contributed by atoms with Crippen molar-refractivity contribution in [2.24, 2.45) is 0 Å². The molecule has 0 aliphatic rings. The van der Waals surface area contributed by atoms with Gasteiger partial charge in [-0.05, 0) is 19.6 Å². The molecule has 0 saturated carbocycles. The molecule has 0 aromatic heterocycles. The standard InChI is InChI=1S/C3H10OSi/c1-5(2,3)4/h4H,1-3H3/i4+2. The molecule has 0 saturated heterocycles. The molecule has 0 aromatic carbocycles. The first kappa shape index (κ1) is 5.18. The summed E-state index contributed by atoms with van der Waals surface area (Å²) in [7, 11) is -1.61. The van der Waals surface area contributed by atoms with E-state index in [1.165, 1.54) is 0 Å². The highest BCUT2D eigenvalue weighted by atomic mass is 28.4. The van der Waals surface area contributed by atoms with Crippen LogP contribution in [0.5, 0.6) is 0 Å². The van der Waals surface area contributed by atoms with Gasteiger partial charge in [-0.15, -0.1) is 0 Å². The van der Waals surface area contributed by atoms with E-state index in [0.717, 1.165) is 0 Å². The normalized spacial score (nSPS) is 12.0. The van der Waals surface area contributed by atoms with Gasteiger partial charge in [0, 0.05) is 0 Å². The number of hydrogen-bond donors (Lipinski definition) is 1. The molecule has 0 atom stereocenters. The summed E-state index contributed by atoms with van der Waals surface area (Å²) in [6.07, 6.45) is 0. The van der Waals surface area contributed by atoms with E-state index in [1.54, 1.807) is 0 Å². The second-order valence-corrected chi connectivity index (χ2v) is 6.51. The van der Waals surface area contributed by atoms with Gasteiger partial charge in [0.05, 0.1) is 0 Å². The predicted octanol–water partition coefficient (Wildman–Crippen LogP) is 0.814. The van der Waals surface area contributed by atoms with Gasteiger partial charge < -0.3 is 4.80 Å². The van der Waals surface area contributed by atoms with E-state index in [9.17, 15) is 0 Å². The summed E-state index contributed by atoms with van der Waals surface area (Å²) in [6.45, 7) is 5.65. The van der Waals surface area contributed by atoms with Gasteiger partial charge >= 0.3 is 0 Å². The van der Waals surface area contributed by atoms with Crippen LogP contribution in [0.15, 0.2) is 0 Å². The van der Waals surface area contributed by atoms with E-state index in [1.807, 2.05) is 19.6 Å². The maximum Gasteiger partial charge on any atom is 0.179 e. The fourth-order valence-corrected chi connectivity index (χ4v) is 0. The fraction of sp³-hybridized carbons (Fsp3) is 1.00. The van der Waals surface area contributed by atoms with Crippen molar-refractivity contribution in [1.82, 2.24) is 0 Å². The van der Waals surface area contributed by atoms with E-state index in [4.69, 9.17) is 4.80 Å². The average Bonchev–Trinajstić information content (AvgIpc) is 0.722. The predicted molar refractivity (Wildman–Crippen MR) is 25.6 cm³/mol. The van der Waals surface area contributed by atoms with E-state index >= 15 is 0 Å². The third-order valence-electron chi connectivity index (χ3n) is 0. The lowest BCUT2D eigenvalue weighted by molar-refractivity contribution is 0.561. The quantitative estimate of drug-likeness (QED) is 0.346. The van der Waals surface area contributed by atoms with Crippen LogP contribution in [0.1, 0.15) is 0 Å². The molecule has 1 N–H and O–H groups in total. The Hall–Kier alpha value is 0.177. The van der Waals surface area contributed by atoms with Crippen molar-refractivity contribution < 1.29 is 4.80 Å². The molecule has 0 aliphatic carbocycles. The van der Waals surface area contributed by atoms with E-state index < -0.39 is 8.32 Å². The highest BCUT2D eigenvalue weighted by Gasteiger charge is 2.03. The summed E-state index contributed by atoms with van der Waals surface area (Å²) in [5, 5.41) is 0. The van der Waals surface area contributed by atoms with Crippen molar-refractivity contribution in [2.45, 2.75) is 19.6 Å². The molecule has 0 spiro atoms. The average molecular weight is 92.2 g/mol. The Morgan fingerprint density at radius 2 is 1.20 bits per heavy atom. The summed E-state index contributed by atoms with van der Waals surface area (Å²) in [4.78, 5) is 8.66. The lowest BCUT2D eigenvalue weighted by Gasteiger charge is -2.00. The third-order valence-corrected chi connectivity index (χ3v) is 0. The fourth-order valence-electron chi connectivity index (χ4n) is 0. The Morgan fingerprint density at radius 3 is 1.20 bits per heavy atom. The van der Waals surface area contributed by atoms with Gasteiger partial charge in [0.2, 0.25) is 0 Å². The Morgan fingerprint density at radius 1 is 1.20 bits per heavy atom. The molecule has 2 heteroatoms. The smallest absolute Gasteiger partial charge is 0.179 e. The van der Waals surface area contributed by atoms with Crippen LogP contribution >= 0.6 is 0 Å². The second-order valence-electron chi connectivity index (χ2n) is 2.17. The van der Waals surface area contributed by atoms with Crippen LogP contribution in [0.4, 0.5) is 0 Å². The molecule has 0 unspecified atom stereocenters. The van der Waals surface area contributed by atoms with Crippen LogP contribution < -0.4 is 0 Å². The van der Waals surface area contributed by atoms with Crippen molar-refractivity contribution >= 4 is 8.32 Å². The van der Waals surface area contributed by atoms with Crippen LogP contribution in [0.2, 0.25) is 19.6 Å². The van der Waals surface area contributed by atoms with Crippen molar-refractivity contribution in [2.75, 3.05) is 0 Å². The summed E-state index contributed by atoms with van der Waals surface area (Å²) >= 11 is 0. The largest absolute Gasteiger partial charge is 0.433 e. The first-order valence-electron chi connectivity index (χ1n) is 1.72. The van der Waals surface area contributed by atoms with E-state index in [2.05, 4.69) is 0 Å². The van der Waals surface area contributed by atoms with Crippen LogP contribution in [0, 0.1) is 0 Å². The lowest BCUT2D eigenvalue weighted by atomic mass is 11.8.